The van der Waals surface area contributed by atoms with Crippen LogP contribution in [0.2, 0.25) is 0 Å². The topological polar surface area (TPSA) is 105 Å². The molecule has 0 radical (unpaired) electrons. The van der Waals surface area contributed by atoms with Gasteiger partial charge in [0.1, 0.15) is 0 Å². The number of hydrogen-bond acceptors (Lipinski definition) is 7. The van der Waals surface area contributed by atoms with E-state index in [1.165, 1.54) is 24.3 Å². The van der Waals surface area contributed by atoms with Crippen molar-refractivity contribution in [3.63, 3.8) is 0 Å². The lowest BCUT2D eigenvalue weighted by Crippen LogP contribution is -2.22. The number of ether oxygens (including phenoxy) is 2. The van der Waals surface area contributed by atoms with Crippen LogP contribution in [0, 0.1) is 0 Å². The highest BCUT2D eigenvalue weighted by molar-refractivity contribution is 6.14. The molecule has 1 aromatic rings. The van der Waals surface area contributed by atoms with Crippen molar-refractivity contribution < 1.29 is 29.0 Å². The number of esters is 2. The molecular formula is C15H16NO6-. The van der Waals surface area contributed by atoms with Crippen molar-refractivity contribution in [2.75, 3.05) is 18.5 Å². The van der Waals surface area contributed by atoms with E-state index >= 15 is 0 Å². The van der Waals surface area contributed by atoms with E-state index in [-0.39, 0.29) is 24.4 Å². The van der Waals surface area contributed by atoms with Crippen molar-refractivity contribution in [2.24, 2.45) is 0 Å². The van der Waals surface area contributed by atoms with Gasteiger partial charge in [0.25, 0.3) is 0 Å². The predicted molar refractivity (Wildman–Crippen MR) is 75.7 cm³/mol. The fourth-order valence-corrected chi connectivity index (χ4v) is 1.48. The SMILES string of the molecule is CCOC(=O)C(=CNc1ccc(C(=O)[O-])cc1)C(=O)OCC. The molecule has 0 spiro atoms. The number of hydrogen-bond donors (Lipinski definition) is 1. The van der Waals surface area contributed by atoms with Gasteiger partial charge < -0.3 is 24.7 Å². The summed E-state index contributed by atoms with van der Waals surface area (Å²) in [7, 11) is 0. The number of nitrogens with one attached hydrogen (secondary N) is 1. The smallest absolute Gasteiger partial charge is 0.347 e. The molecule has 0 unspecified atom stereocenters. The van der Waals surface area contributed by atoms with Crippen molar-refractivity contribution >= 4 is 23.6 Å². The first kappa shape index (κ1) is 17.2. The molecule has 118 valence electrons. The van der Waals surface area contributed by atoms with Crippen molar-refractivity contribution in [3.8, 4) is 0 Å². The zero-order valence-corrected chi connectivity index (χ0v) is 12.3. The van der Waals surface area contributed by atoms with Gasteiger partial charge in [-0.2, -0.15) is 0 Å². The van der Waals surface area contributed by atoms with Crippen LogP contribution < -0.4 is 10.4 Å². The quantitative estimate of drug-likeness (QED) is 0.338. The van der Waals surface area contributed by atoms with E-state index in [9.17, 15) is 19.5 Å². The molecule has 0 aliphatic rings. The second-order valence-corrected chi connectivity index (χ2v) is 4.01. The molecule has 0 aromatic heterocycles. The van der Waals surface area contributed by atoms with Gasteiger partial charge in [0.2, 0.25) is 0 Å². The van der Waals surface area contributed by atoms with E-state index in [2.05, 4.69) is 5.32 Å². The molecule has 0 fully saturated rings. The standard InChI is InChI=1S/C15H17NO6/c1-3-21-14(19)12(15(20)22-4-2)9-16-11-7-5-10(6-8-11)13(17)18/h5-9,16H,3-4H2,1-2H3,(H,17,18)/p-1. The summed E-state index contributed by atoms with van der Waals surface area (Å²) in [5, 5.41) is 13.3. The normalized spacial score (nSPS) is 9.55. The van der Waals surface area contributed by atoms with Gasteiger partial charge in [-0.05, 0) is 31.5 Å². The third kappa shape index (κ3) is 4.93. The number of carboxylic acid groups (broad SMARTS) is 1. The lowest BCUT2D eigenvalue weighted by molar-refractivity contribution is -0.255. The fraction of sp³-hybridized carbons (Fsp3) is 0.267. The molecule has 0 atom stereocenters. The van der Waals surface area contributed by atoms with Gasteiger partial charge in [-0.1, -0.05) is 12.1 Å². The Morgan fingerprint density at radius 2 is 1.55 bits per heavy atom. The van der Waals surface area contributed by atoms with Crippen molar-refractivity contribution in [3.05, 3.63) is 41.6 Å². The number of benzene rings is 1. The first-order valence-electron chi connectivity index (χ1n) is 6.62. The molecule has 7 heteroatoms. The minimum absolute atomic E-state index is 0.0190. The molecule has 7 nitrogen and oxygen atoms in total. The van der Waals surface area contributed by atoms with Gasteiger partial charge in [0.15, 0.2) is 5.57 Å². The largest absolute Gasteiger partial charge is 0.545 e. The summed E-state index contributed by atoms with van der Waals surface area (Å²) in [5.74, 6) is -2.90. The Morgan fingerprint density at radius 3 is 1.95 bits per heavy atom. The molecule has 0 saturated carbocycles. The first-order valence-corrected chi connectivity index (χ1v) is 6.62. The maximum Gasteiger partial charge on any atom is 0.347 e. The highest BCUT2D eigenvalue weighted by Crippen LogP contribution is 2.11. The van der Waals surface area contributed by atoms with Crippen LogP contribution in [-0.4, -0.2) is 31.1 Å². The third-order valence-corrected chi connectivity index (χ3v) is 2.49. The summed E-state index contributed by atoms with van der Waals surface area (Å²) in [6, 6.07) is 5.60. The summed E-state index contributed by atoms with van der Waals surface area (Å²) in [4.78, 5) is 34.0. The summed E-state index contributed by atoms with van der Waals surface area (Å²) >= 11 is 0. The maximum absolute atomic E-state index is 11.7. The Balaban J connectivity index is 2.89. The molecule has 0 amide bonds. The molecule has 1 aromatic carbocycles. The van der Waals surface area contributed by atoms with E-state index in [4.69, 9.17) is 9.47 Å². The first-order chi connectivity index (χ1) is 10.5. The second-order valence-electron chi connectivity index (χ2n) is 4.01. The van der Waals surface area contributed by atoms with Crippen LogP contribution in [-0.2, 0) is 19.1 Å². The van der Waals surface area contributed by atoms with Gasteiger partial charge in [-0.15, -0.1) is 0 Å². The zero-order chi connectivity index (χ0) is 16.5. The maximum atomic E-state index is 11.7. The molecule has 0 aliphatic carbocycles. The molecule has 0 aliphatic heterocycles. The monoisotopic (exact) mass is 306 g/mol. The van der Waals surface area contributed by atoms with Gasteiger partial charge >= 0.3 is 11.9 Å². The number of rotatable bonds is 7. The second kappa shape index (κ2) is 8.46. The number of carbonyl (C=O) groups is 3. The Labute approximate surface area is 127 Å². The van der Waals surface area contributed by atoms with Crippen LogP contribution in [0.5, 0.6) is 0 Å². The lowest BCUT2D eigenvalue weighted by atomic mass is 10.2. The van der Waals surface area contributed by atoms with Crippen LogP contribution in [0.25, 0.3) is 0 Å². The van der Waals surface area contributed by atoms with E-state index in [1.54, 1.807) is 13.8 Å². The molecule has 1 rings (SSSR count). The average Bonchev–Trinajstić information content (AvgIpc) is 2.48. The number of aromatic carboxylic acids is 1. The molecular weight excluding hydrogens is 290 g/mol. The summed E-state index contributed by atoms with van der Waals surface area (Å²) in [6.45, 7) is 3.48. The van der Waals surface area contributed by atoms with Crippen LogP contribution >= 0.6 is 0 Å². The van der Waals surface area contributed by atoms with E-state index < -0.39 is 17.9 Å². The van der Waals surface area contributed by atoms with E-state index in [1.807, 2.05) is 0 Å². The van der Waals surface area contributed by atoms with E-state index in [0.29, 0.717) is 5.69 Å². The fourth-order valence-electron chi connectivity index (χ4n) is 1.48. The highest BCUT2D eigenvalue weighted by atomic mass is 16.6. The Kier molecular flexibility index (Phi) is 6.62. The summed E-state index contributed by atoms with van der Waals surface area (Å²) in [6.07, 6.45) is 1.16. The van der Waals surface area contributed by atoms with Crippen LogP contribution in [0.3, 0.4) is 0 Å². The Bertz CT molecular complexity index is 556. The Morgan fingerprint density at radius 1 is 1.05 bits per heavy atom. The molecule has 0 heterocycles. The van der Waals surface area contributed by atoms with Gasteiger partial charge in [0, 0.05) is 11.9 Å². The Hall–Kier alpha value is -2.83. The zero-order valence-electron chi connectivity index (χ0n) is 12.3. The van der Waals surface area contributed by atoms with Crippen molar-refractivity contribution in [2.45, 2.75) is 13.8 Å². The molecule has 22 heavy (non-hydrogen) atoms. The number of anilines is 1. The molecule has 1 N–H and O–H groups in total. The van der Waals surface area contributed by atoms with Gasteiger partial charge in [-0.3, -0.25) is 0 Å². The van der Waals surface area contributed by atoms with Crippen LogP contribution in [0.1, 0.15) is 24.2 Å². The van der Waals surface area contributed by atoms with Crippen molar-refractivity contribution in [1.82, 2.24) is 0 Å². The number of carboxylic acids is 1. The average molecular weight is 306 g/mol. The molecule has 0 bridgehead atoms. The number of carbonyl (C=O) groups excluding carboxylic acids is 3. The van der Waals surface area contributed by atoms with Crippen molar-refractivity contribution in [1.29, 1.82) is 0 Å². The predicted octanol–water partition coefficient (Wildman–Crippen LogP) is 0.472. The summed E-state index contributed by atoms with van der Waals surface area (Å²) < 4.78 is 9.55. The highest BCUT2D eigenvalue weighted by Gasteiger charge is 2.20. The van der Waals surface area contributed by atoms with Crippen LogP contribution in [0.15, 0.2) is 36.0 Å². The van der Waals surface area contributed by atoms with Crippen LogP contribution in [0.4, 0.5) is 5.69 Å². The minimum Gasteiger partial charge on any atom is -0.545 e. The van der Waals surface area contributed by atoms with Gasteiger partial charge in [-0.25, -0.2) is 9.59 Å². The third-order valence-electron chi connectivity index (χ3n) is 2.49. The lowest BCUT2D eigenvalue weighted by Gasteiger charge is -2.08. The van der Waals surface area contributed by atoms with Gasteiger partial charge in [0.05, 0.1) is 19.2 Å². The van der Waals surface area contributed by atoms with E-state index in [0.717, 1.165) is 6.20 Å². The summed E-state index contributed by atoms with van der Waals surface area (Å²) in [5.41, 5.74) is 0.217. The minimum atomic E-state index is -1.29. The molecule has 0 saturated heterocycles.